The summed E-state index contributed by atoms with van der Waals surface area (Å²) in [5.74, 6) is 0. The fourth-order valence-corrected chi connectivity index (χ4v) is 11.5. The molecule has 54 heavy (non-hydrogen) atoms. The molecule has 2 heteroatoms. The first-order valence-corrected chi connectivity index (χ1v) is 20.1. The Morgan fingerprint density at radius 3 is 1.35 bits per heavy atom. The van der Waals surface area contributed by atoms with Crippen LogP contribution in [0.15, 0.2) is 182 Å². The molecule has 0 aliphatic rings. The van der Waals surface area contributed by atoms with E-state index in [0.717, 1.165) is 0 Å². The molecule has 0 aliphatic carbocycles. The van der Waals surface area contributed by atoms with Crippen molar-refractivity contribution in [3.05, 3.63) is 182 Å². The second kappa shape index (κ2) is 11.6. The first-order valence-electron chi connectivity index (χ1n) is 18.5. The third-order valence-corrected chi connectivity index (χ3v) is 13.7. The maximum atomic E-state index is 2.48. The zero-order chi connectivity index (χ0) is 35.3. The molecule has 0 atom stereocenters. The highest BCUT2D eigenvalue weighted by Crippen LogP contribution is 2.50. The average molecular weight is 719 g/mol. The van der Waals surface area contributed by atoms with E-state index in [4.69, 9.17) is 0 Å². The van der Waals surface area contributed by atoms with Crippen LogP contribution in [0.25, 0.3) is 117 Å². The van der Waals surface area contributed by atoms with E-state index in [-0.39, 0.29) is 0 Å². The first kappa shape index (κ1) is 30.2. The van der Waals surface area contributed by atoms with Crippen LogP contribution in [0.5, 0.6) is 0 Å². The molecular weight excluding hydrogens is 689 g/mol. The molecule has 0 saturated carbocycles. The minimum absolute atomic E-state index is 1.24. The van der Waals surface area contributed by atoms with Gasteiger partial charge in [0, 0.05) is 40.3 Å². The molecule has 0 N–H and O–H groups in total. The predicted molar refractivity (Wildman–Crippen MR) is 239 cm³/mol. The van der Waals surface area contributed by atoms with Crippen molar-refractivity contribution in [3.8, 4) is 33.4 Å². The monoisotopic (exact) mass is 718 g/mol. The van der Waals surface area contributed by atoms with Gasteiger partial charge in [-0.3, -0.25) is 0 Å². The summed E-state index contributed by atoms with van der Waals surface area (Å²) >= 11 is 3.82. The SMILES string of the molecule is c1ccc(-c2c3ccccc3c(-c3ccc(-c4cc5sc6ccc7sc8ccccc8c7c6c5c5ccccc45)c4ccccc34)c3ccccc23)cc1. The summed E-state index contributed by atoms with van der Waals surface area (Å²) in [5.41, 5.74) is 7.65. The van der Waals surface area contributed by atoms with Crippen LogP contribution in [0.1, 0.15) is 0 Å². The Hall–Kier alpha value is -6.32. The molecule has 12 rings (SSSR count). The standard InChI is InChI=1S/C52H30S2/c1-2-14-31(15-3-1)48-37-20-8-10-22-39(37)49(40-23-11-9-21-38(40)48)41-27-26-35(32-16-4-5-17-33(32)41)43-30-47-50(36-19-7-6-18-34(36)43)52-46(54-47)29-28-45-51(52)42-24-12-13-25-44(42)53-45/h1-30H. The lowest BCUT2D eigenvalue weighted by Crippen LogP contribution is -1.92. The summed E-state index contributed by atoms with van der Waals surface area (Å²) < 4.78 is 5.39. The Morgan fingerprint density at radius 2 is 0.685 bits per heavy atom. The van der Waals surface area contributed by atoms with Crippen molar-refractivity contribution in [1.82, 2.24) is 0 Å². The molecule has 0 unspecified atom stereocenters. The van der Waals surface area contributed by atoms with Gasteiger partial charge in [0.2, 0.25) is 0 Å². The molecule has 10 aromatic carbocycles. The summed E-state index contributed by atoms with van der Waals surface area (Å²) in [6, 6.07) is 67.7. The molecule has 250 valence electrons. The maximum absolute atomic E-state index is 2.48. The Balaban J connectivity index is 1.16. The summed E-state index contributed by atoms with van der Waals surface area (Å²) in [6.45, 7) is 0. The van der Waals surface area contributed by atoms with E-state index >= 15 is 0 Å². The van der Waals surface area contributed by atoms with Crippen molar-refractivity contribution in [2.45, 2.75) is 0 Å². The number of hydrogen-bond donors (Lipinski definition) is 0. The molecular formula is C52H30S2. The molecule has 2 heterocycles. The maximum Gasteiger partial charge on any atom is 0.0368 e. The zero-order valence-electron chi connectivity index (χ0n) is 29.1. The fourth-order valence-electron chi connectivity index (χ4n) is 9.25. The van der Waals surface area contributed by atoms with E-state index in [1.54, 1.807) is 0 Å². The van der Waals surface area contributed by atoms with Crippen molar-refractivity contribution in [3.63, 3.8) is 0 Å². The number of thiophene rings is 2. The van der Waals surface area contributed by atoms with Crippen molar-refractivity contribution in [1.29, 1.82) is 0 Å². The van der Waals surface area contributed by atoms with Crippen molar-refractivity contribution in [2.24, 2.45) is 0 Å². The molecule has 0 bridgehead atoms. The minimum Gasteiger partial charge on any atom is -0.135 e. The van der Waals surface area contributed by atoms with Crippen molar-refractivity contribution >= 4 is 106 Å². The van der Waals surface area contributed by atoms with Gasteiger partial charge in [-0.25, -0.2) is 0 Å². The second-order valence-electron chi connectivity index (χ2n) is 14.3. The molecule has 0 spiro atoms. The molecule has 0 radical (unpaired) electrons. The summed E-state index contributed by atoms with van der Waals surface area (Å²) in [6.07, 6.45) is 0. The molecule has 12 aromatic rings. The number of fused-ring (bicyclic) bond motifs is 12. The summed E-state index contributed by atoms with van der Waals surface area (Å²) in [5, 5.41) is 15.8. The van der Waals surface area contributed by atoms with Gasteiger partial charge in [-0.1, -0.05) is 158 Å². The summed E-state index contributed by atoms with van der Waals surface area (Å²) in [4.78, 5) is 0. The largest absolute Gasteiger partial charge is 0.135 e. The average Bonchev–Trinajstić information content (AvgIpc) is 3.81. The van der Waals surface area contributed by atoms with Crippen LogP contribution in [0, 0.1) is 0 Å². The lowest BCUT2D eigenvalue weighted by atomic mass is 9.83. The number of hydrogen-bond acceptors (Lipinski definition) is 2. The number of benzene rings is 10. The zero-order valence-corrected chi connectivity index (χ0v) is 30.8. The van der Waals surface area contributed by atoms with E-state index in [9.17, 15) is 0 Å². The quantitative estimate of drug-likeness (QED) is 0.160. The highest BCUT2D eigenvalue weighted by Gasteiger charge is 2.21. The molecule has 0 nitrogen and oxygen atoms in total. The predicted octanol–water partition coefficient (Wildman–Crippen LogP) is 16.0. The molecule has 0 fully saturated rings. The Kier molecular flexibility index (Phi) is 6.48. The van der Waals surface area contributed by atoms with Gasteiger partial charge < -0.3 is 0 Å². The van der Waals surface area contributed by atoms with Crippen LogP contribution < -0.4 is 0 Å². The van der Waals surface area contributed by atoms with E-state index in [2.05, 4.69) is 182 Å². The number of rotatable bonds is 3. The topological polar surface area (TPSA) is 0 Å². The van der Waals surface area contributed by atoms with Crippen LogP contribution >= 0.6 is 22.7 Å². The van der Waals surface area contributed by atoms with Crippen LogP contribution in [-0.4, -0.2) is 0 Å². The van der Waals surface area contributed by atoms with E-state index in [1.807, 2.05) is 22.7 Å². The van der Waals surface area contributed by atoms with Crippen LogP contribution in [0.4, 0.5) is 0 Å². The van der Waals surface area contributed by atoms with E-state index in [1.165, 1.54) is 117 Å². The normalized spacial score (nSPS) is 12.1. The van der Waals surface area contributed by atoms with Crippen LogP contribution in [0.2, 0.25) is 0 Å². The van der Waals surface area contributed by atoms with Gasteiger partial charge in [0.05, 0.1) is 0 Å². The van der Waals surface area contributed by atoms with Gasteiger partial charge in [0.25, 0.3) is 0 Å². The second-order valence-corrected chi connectivity index (χ2v) is 16.4. The lowest BCUT2D eigenvalue weighted by Gasteiger charge is -2.20. The van der Waals surface area contributed by atoms with E-state index in [0.29, 0.717) is 0 Å². The van der Waals surface area contributed by atoms with Crippen molar-refractivity contribution in [2.75, 3.05) is 0 Å². The van der Waals surface area contributed by atoms with Gasteiger partial charge in [0.15, 0.2) is 0 Å². The van der Waals surface area contributed by atoms with Gasteiger partial charge in [0.1, 0.15) is 0 Å². The van der Waals surface area contributed by atoms with Gasteiger partial charge >= 0.3 is 0 Å². The summed E-state index contributed by atoms with van der Waals surface area (Å²) in [7, 11) is 0. The highest BCUT2D eigenvalue weighted by atomic mass is 32.1. The lowest BCUT2D eigenvalue weighted by molar-refractivity contribution is 1.66. The first-order chi connectivity index (χ1) is 26.8. The molecule has 0 saturated heterocycles. The van der Waals surface area contributed by atoms with Gasteiger partial charge in [-0.05, 0) is 101 Å². The van der Waals surface area contributed by atoms with E-state index < -0.39 is 0 Å². The minimum atomic E-state index is 1.24. The smallest absolute Gasteiger partial charge is 0.0368 e. The third kappa shape index (κ3) is 4.24. The van der Waals surface area contributed by atoms with Crippen molar-refractivity contribution < 1.29 is 0 Å². The van der Waals surface area contributed by atoms with Crippen LogP contribution in [0.3, 0.4) is 0 Å². The third-order valence-electron chi connectivity index (χ3n) is 11.5. The fraction of sp³-hybridized carbons (Fsp3) is 0. The van der Waals surface area contributed by atoms with Gasteiger partial charge in [-0.15, -0.1) is 22.7 Å². The molecule has 0 amide bonds. The Bertz CT molecular complexity index is 3430. The molecule has 2 aromatic heterocycles. The van der Waals surface area contributed by atoms with Crippen LogP contribution in [-0.2, 0) is 0 Å². The highest BCUT2D eigenvalue weighted by molar-refractivity contribution is 7.28. The Morgan fingerprint density at radius 1 is 0.241 bits per heavy atom. The molecule has 0 aliphatic heterocycles. The Labute approximate surface area is 319 Å². The van der Waals surface area contributed by atoms with Gasteiger partial charge in [-0.2, -0.15) is 0 Å².